The molecule has 2 nitrogen and oxygen atoms in total. The molecule has 2 aliphatic heterocycles. The summed E-state index contributed by atoms with van der Waals surface area (Å²) < 4.78 is 0. The highest BCUT2D eigenvalue weighted by Crippen LogP contribution is 2.31. The highest BCUT2D eigenvalue weighted by molar-refractivity contribution is 5.56. The molecule has 1 fully saturated rings. The number of para-hydroxylation sites is 1. The minimum Gasteiger partial charge on any atom is -0.367 e. The second-order valence-electron chi connectivity index (χ2n) is 6.45. The highest BCUT2D eigenvalue weighted by atomic mass is 15.2. The molecule has 3 unspecified atom stereocenters. The molecule has 0 spiro atoms. The Labute approximate surface area is 117 Å². The Balaban J connectivity index is 1.76. The Kier molecular flexibility index (Phi) is 3.79. The van der Waals surface area contributed by atoms with Crippen molar-refractivity contribution in [1.29, 1.82) is 0 Å². The topological polar surface area (TPSA) is 15.3 Å². The smallest absolute Gasteiger partial charge is 0.0401 e. The van der Waals surface area contributed by atoms with E-state index in [1.165, 1.54) is 50.0 Å². The van der Waals surface area contributed by atoms with E-state index < -0.39 is 0 Å². The van der Waals surface area contributed by atoms with Crippen LogP contribution >= 0.6 is 0 Å². The van der Waals surface area contributed by atoms with Crippen LogP contribution in [0.25, 0.3) is 0 Å². The number of hydrogen-bond acceptors (Lipinski definition) is 2. The van der Waals surface area contributed by atoms with E-state index in [1.54, 1.807) is 0 Å². The van der Waals surface area contributed by atoms with Crippen molar-refractivity contribution >= 4 is 5.69 Å². The maximum Gasteiger partial charge on any atom is 0.0401 e. The van der Waals surface area contributed by atoms with Crippen molar-refractivity contribution in [3.8, 4) is 0 Å². The van der Waals surface area contributed by atoms with Gasteiger partial charge in [-0.2, -0.15) is 0 Å². The van der Waals surface area contributed by atoms with Gasteiger partial charge in [-0.1, -0.05) is 25.1 Å². The molecule has 1 saturated heterocycles. The molecule has 0 saturated carbocycles. The molecule has 1 N–H and O–H groups in total. The van der Waals surface area contributed by atoms with Crippen LogP contribution in [0.3, 0.4) is 0 Å². The van der Waals surface area contributed by atoms with Gasteiger partial charge >= 0.3 is 0 Å². The maximum absolute atomic E-state index is 3.71. The number of anilines is 1. The molecule has 19 heavy (non-hydrogen) atoms. The van der Waals surface area contributed by atoms with Gasteiger partial charge in [-0.05, 0) is 56.7 Å². The minimum atomic E-state index is 0.664. The van der Waals surface area contributed by atoms with Crippen LogP contribution in [-0.2, 0) is 6.42 Å². The molecule has 0 aliphatic carbocycles. The van der Waals surface area contributed by atoms with E-state index in [-0.39, 0.29) is 0 Å². The monoisotopic (exact) mass is 258 g/mol. The van der Waals surface area contributed by atoms with Crippen molar-refractivity contribution in [1.82, 2.24) is 5.32 Å². The van der Waals surface area contributed by atoms with Crippen LogP contribution in [0, 0.1) is 5.92 Å². The van der Waals surface area contributed by atoms with E-state index in [1.807, 2.05) is 0 Å². The van der Waals surface area contributed by atoms with Crippen molar-refractivity contribution < 1.29 is 0 Å². The van der Waals surface area contributed by atoms with Crippen LogP contribution in [0.4, 0.5) is 5.69 Å². The number of rotatable bonds is 2. The summed E-state index contributed by atoms with van der Waals surface area (Å²) in [5.41, 5.74) is 3.01. The summed E-state index contributed by atoms with van der Waals surface area (Å²) in [6.45, 7) is 7.13. The zero-order valence-corrected chi connectivity index (χ0v) is 12.2. The summed E-state index contributed by atoms with van der Waals surface area (Å²) >= 11 is 0. The molecule has 104 valence electrons. The molecule has 3 rings (SSSR count). The van der Waals surface area contributed by atoms with E-state index >= 15 is 0 Å². The van der Waals surface area contributed by atoms with Crippen LogP contribution in [0.1, 0.15) is 38.7 Å². The Hall–Kier alpha value is -1.02. The van der Waals surface area contributed by atoms with E-state index in [2.05, 4.69) is 48.3 Å². The molecule has 1 aromatic carbocycles. The number of hydrogen-bond donors (Lipinski definition) is 1. The van der Waals surface area contributed by atoms with Gasteiger partial charge in [0.15, 0.2) is 0 Å². The fourth-order valence-corrected chi connectivity index (χ4v) is 3.64. The first-order valence-electron chi connectivity index (χ1n) is 7.82. The average molecular weight is 258 g/mol. The SMILES string of the molecule is CC1CCNC(CN2c3ccccc3CCC2C)C1. The lowest BCUT2D eigenvalue weighted by Gasteiger charge is -2.41. The number of benzene rings is 1. The zero-order valence-electron chi connectivity index (χ0n) is 12.2. The quantitative estimate of drug-likeness (QED) is 0.876. The Morgan fingerprint density at radius 1 is 1.21 bits per heavy atom. The average Bonchev–Trinajstić information content (AvgIpc) is 2.42. The first-order valence-corrected chi connectivity index (χ1v) is 7.82. The first kappa shape index (κ1) is 13.0. The predicted octanol–water partition coefficient (Wildman–Crippen LogP) is 3.22. The standard InChI is InChI=1S/C17H26N2/c1-13-9-10-18-16(11-13)12-19-14(2)7-8-15-5-3-4-6-17(15)19/h3-6,13-14,16,18H,7-12H2,1-2H3. The van der Waals surface area contributed by atoms with Crippen LogP contribution in [0.5, 0.6) is 0 Å². The summed E-state index contributed by atoms with van der Waals surface area (Å²) in [5.74, 6) is 0.876. The normalized spacial score (nSPS) is 31.1. The molecule has 0 bridgehead atoms. The lowest BCUT2D eigenvalue weighted by atomic mass is 9.91. The molecular formula is C17H26N2. The third-order valence-corrected chi connectivity index (χ3v) is 4.84. The lowest BCUT2D eigenvalue weighted by Crippen LogP contribution is -2.49. The Morgan fingerprint density at radius 3 is 2.89 bits per heavy atom. The molecule has 0 radical (unpaired) electrons. The number of nitrogens with zero attached hydrogens (tertiary/aromatic N) is 1. The molecule has 1 aromatic rings. The number of fused-ring (bicyclic) bond motifs is 1. The molecular weight excluding hydrogens is 232 g/mol. The summed E-state index contributed by atoms with van der Waals surface area (Å²) in [6.07, 6.45) is 5.19. The largest absolute Gasteiger partial charge is 0.367 e. The summed E-state index contributed by atoms with van der Waals surface area (Å²) in [6, 6.07) is 10.3. The molecule has 2 heteroatoms. The van der Waals surface area contributed by atoms with E-state index in [0.29, 0.717) is 12.1 Å². The van der Waals surface area contributed by atoms with Crippen molar-refractivity contribution in [2.75, 3.05) is 18.0 Å². The summed E-state index contributed by atoms with van der Waals surface area (Å²) in [5, 5.41) is 3.71. The Morgan fingerprint density at radius 2 is 2.05 bits per heavy atom. The predicted molar refractivity (Wildman–Crippen MR) is 81.8 cm³/mol. The van der Waals surface area contributed by atoms with Gasteiger partial charge in [-0.15, -0.1) is 0 Å². The van der Waals surface area contributed by atoms with Crippen LogP contribution in [-0.4, -0.2) is 25.2 Å². The maximum atomic E-state index is 3.71. The fraction of sp³-hybridized carbons (Fsp3) is 0.647. The minimum absolute atomic E-state index is 0.664. The van der Waals surface area contributed by atoms with Gasteiger partial charge in [0.2, 0.25) is 0 Å². The van der Waals surface area contributed by atoms with Crippen molar-refractivity contribution in [3.63, 3.8) is 0 Å². The molecule has 3 atom stereocenters. The number of aryl methyl sites for hydroxylation is 1. The molecule has 2 aliphatic rings. The van der Waals surface area contributed by atoms with Crippen molar-refractivity contribution in [2.24, 2.45) is 5.92 Å². The van der Waals surface area contributed by atoms with Crippen LogP contribution in [0.15, 0.2) is 24.3 Å². The van der Waals surface area contributed by atoms with E-state index in [9.17, 15) is 0 Å². The van der Waals surface area contributed by atoms with E-state index in [4.69, 9.17) is 0 Å². The summed E-state index contributed by atoms with van der Waals surface area (Å²) in [4.78, 5) is 2.63. The number of piperidine rings is 1. The van der Waals surface area contributed by atoms with Gasteiger partial charge in [0.05, 0.1) is 0 Å². The molecule has 2 heterocycles. The van der Waals surface area contributed by atoms with Gasteiger partial charge in [0.1, 0.15) is 0 Å². The van der Waals surface area contributed by atoms with Crippen LogP contribution < -0.4 is 10.2 Å². The second-order valence-corrected chi connectivity index (χ2v) is 6.45. The second kappa shape index (κ2) is 5.54. The zero-order chi connectivity index (χ0) is 13.2. The third kappa shape index (κ3) is 2.79. The lowest BCUT2D eigenvalue weighted by molar-refractivity contribution is 0.314. The van der Waals surface area contributed by atoms with E-state index in [0.717, 1.165) is 5.92 Å². The van der Waals surface area contributed by atoms with Gasteiger partial charge < -0.3 is 10.2 Å². The highest BCUT2D eigenvalue weighted by Gasteiger charge is 2.27. The number of nitrogens with one attached hydrogen (secondary N) is 1. The summed E-state index contributed by atoms with van der Waals surface area (Å²) in [7, 11) is 0. The molecule has 0 aromatic heterocycles. The fourth-order valence-electron chi connectivity index (χ4n) is 3.64. The van der Waals surface area contributed by atoms with Gasteiger partial charge in [-0.3, -0.25) is 0 Å². The van der Waals surface area contributed by atoms with Gasteiger partial charge in [0.25, 0.3) is 0 Å². The van der Waals surface area contributed by atoms with Gasteiger partial charge in [0, 0.05) is 24.3 Å². The van der Waals surface area contributed by atoms with Crippen LogP contribution in [0.2, 0.25) is 0 Å². The van der Waals surface area contributed by atoms with Gasteiger partial charge in [-0.25, -0.2) is 0 Å². The van der Waals surface area contributed by atoms with Crippen molar-refractivity contribution in [3.05, 3.63) is 29.8 Å². The molecule has 0 amide bonds. The Bertz CT molecular complexity index is 429. The first-order chi connectivity index (χ1) is 9.24. The third-order valence-electron chi connectivity index (χ3n) is 4.84. The van der Waals surface area contributed by atoms with Crippen molar-refractivity contribution in [2.45, 2.75) is 51.6 Å².